The monoisotopic (exact) mass is 276 g/mol. The second kappa shape index (κ2) is 6.17. The van der Waals surface area contributed by atoms with Crippen molar-refractivity contribution in [1.82, 2.24) is 10.3 Å². The molecule has 1 unspecified atom stereocenters. The van der Waals surface area contributed by atoms with Gasteiger partial charge in [0, 0.05) is 5.38 Å². The maximum absolute atomic E-state index is 5.28. The molecule has 19 heavy (non-hydrogen) atoms. The number of benzene rings is 1. The first-order chi connectivity index (χ1) is 9.15. The van der Waals surface area contributed by atoms with Gasteiger partial charge < -0.3 is 10.1 Å². The lowest BCUT2D eigenvalue weighted by molar-refractivity contribution is 0.414. The van der Waals surface area contributed by atoms with Crippen molar-refractivity contribution >= 4 is 11.3 Å². The molecule has 2 rings (SSSR count). The van der Waals surface area contributed by atoms with Crippen molar-refractivity contribution in [1.29, 1.82) is 0 Å². The zero-order valence-electron chi connectivity index (χ0n) is 11.8. The Hall–Kier alpha value is -1.39. The number of thiazole rings is 1. The number of ether oxygens (including phenoxy) is 1. The molecule has 0 fully saturated rings. The number of aromatic nitrogens is 1. The molecule has 0 radical (unpaired) electrons. The Labute approximate surface area is 118 Å². The van der Waals surface area contributed by atoms with E-state index >= 15 is 0 Å². The summed E-state index contributed by atoms with van der Waals surface area (Å²) in [5.74, 6) is 1.34. The molecule has 0 aliphatic heterocycles. The van der Waals surface area contributed by atoms with Crippen LogP contribution in [0.2, 0.25) is 0 Å². The summed E-state index contributed by atoms with van der Waals surface area (Å²) in [5, 5.41) is 6.57. The summed E-state index contributed by atoms with van der Waals surface area (Å²) in [6.07, 6.45) is 0. The Bertz CT molecular complexity index is 536. The predicted molar refractivity (Wildman–Crippen MR) is 80.1 cm³/mol. The van der Waals surface area contributed by atoms with E-state index in [1.165, 1.54) is 5.56 Å². The number of rotatable bonds is 5. The Morgan fingerprint density at radius 1 is 1.32 bits per heavy atom. The third kappa shape index (κ3) is 3.14. The van der Waals surface area contributed by atoms with E-state index in [1.54, 1.807) is 18.4 Å². The molecule has 0 amide bonds. The number of hydrogen-bond acceptors (Lipinski definition) is 4. The molecule has 0 spiro atoms. The van der Waals surface area contributed by atoms with Crippen molar-refractivity contribution in [2.24, 2.45) is 0 Å². The predicted octanol–water partition coefficient (Wildman–Crippen LogP) is 3.58. The molecule has 1 aromatic carbocycles. The second-order valence-electron chi connectivity index (χ2n) is 4.76. The minimum atomic E-state index is 0.118. The lowest BCUT2D eigenvalue weighted by atomic mass is 10.1. The van der Waals surface area contributed by atoms with E-state index in [9.17, 15) is 0 Å². The van der Waals surface area contributed by atoms with Gasteiger partial charge >= 0.3 is 0 Å². The molecule has 1 heterocycles. The van der Waals surface area contributed by atoms with E-state index in [4.69, 9.17) is 9.72 Å². The van der Waals surface area contributed by atoms with Crippen molar-refractivity contribution in [3.05, 3.63) is 45.9 Å². The first kappa shape index (κ1) is 14.0. The zero-order valence-corrected chi connectivity index (χ0v) is 12.6. The van der Waals surface area contributed by atoms with Crippen LogP contribution in [-0.2, 0) is 0 Å². The number of methoxy groups -OCH3 is 1. The Kier molecular flexibility index (Phi) is 4.56. The maximum atomic E-state index is 5.28. The Balaban J connectivity index is 2.32. The third-order valence-electron chi connectivity index (χ3n) is 3.09. The molecular formula is C15H20N2OS. The average Bonchev–Trinajstić information content (AvgIpc) is 2.90. The van der Waals surface area contributed by atoms with Crippen molar-refractivity contribution < 1.29 is 4.74 Å². The van der Waals surface area contributed by atoms with E-state index in [0.29, 0.717) is 5.92 Å². The van der Waals surface area contributed by atoms with Crippen molar-refractivity contribution in [2.75, 3.05) is 14.2 Å². The number of hydrogen-bond donors (Lipinski definition) is 1. The largest absolute Gasteiger partial charge is 0.497 e. The summed E-state index contributed by atoms with van der Waals surface area (Å²) in [4.78, 5) is 4.73. The van der Waals surface area contributed by atoms with Gasteiger partial charge in [-0.05, 0) is 30.7 Å². The molecule has 102 valence electrons. The second-order valence-corrected chi connectivity index (χ2v) is 5.65. The molecule has 1 aromatic heterocycles. The van der Waals surface area contributed by atoms with Crippen LogP contribution in [0.5, 0.6) is 5.75 Å². The topological polar surface area (TPSA) is 34.1 Å². The van der Waals surface area contributed by atoms with Crippen LogP contribution < -0.4 is 10.1 Å². The van der Waals surface area contributed by atoms with Crippen LogP contribution in [0, 0.1) is 0 Å². The minimum Gasteiger partial charge on any atom is -0.497 e. The van der Waals surface area contributed by atoms with Gasteiger partial charge in [0.2, 0.25) is 0 Å². The summed E-state index contributed by atoms with van der Waals surface area (Å²) >= 11 is 1.70. The molecule has 3 nitrogen and oxygen atoms in total. The summed E-state index contributed by atoms with van der Waals surface area (Å²) in [6, 6.07) is 8.23. The summed E-state index contributed by atoms with van der Waals surface area (Å²) in [5.41, 5.74) is 2.33. The lowest BCUT2D eigenvalue weighted by Crippen LogP contribution is -2.17. The molecule has 0 aliphatic carbocycles. The molecule has 1 atom stereocenters. The quantitative estimate of drug-likeness (QED) is 0.906. The highest BCUT2D eigenvalue weighted by Gasteiger charge is 2.17. The normalized spacial score (nSPS) is 12.7. The summed E-state index contributed by atoms with van der Waals surface area (Å²) < 4.78 is 5.28. The van der Waals surface area contributed by atoms with Gasteiger partial charge in [0.05, 0.1) is 18.8 Å². The highest BCUT2D eigenvalue weighted by molar-refractivity contribution is 7.09. The van der Waals surface area contributed by atoms with Crippen molar-refractivity contribution in [3.63, 3.8) is 0 Å². The molecule has 0 saturated carbocycles. The molecule has 0 aliphatic rings. The molecule has 2 aromatic rings. The number of nitrogens with one attached hydrogen (secondary N) is 1. The van der Waals surface area contributed by atoms with Gasteiger partial charge in [-0.3, -0.25) is 0 Å². The van der Waals surface area contributed by atoms with Gasteiger partial charge in [-0.15, -0.1) is 11.3 Å². The Morgan fingerprint density at radius 3 is 2.68 bits per heavy atom. The van der Waals surface area contributed by atoms with Crippen molar-refractivity contribution in [3.8, 4) is 5.75 Å². The van der Waals surface area contributed by atoms with Crippen LogP contribution in [0.4, 0.5) is 0 Å². The Morgan fingerprint density at radius 2 is 2.11 bits per heavy atom. The molecule has 0 bridgehead atoms. The van der Waals surface area contributed by atoms with Gasteiger partial charge in [0.25, 0.3) is 0 Å². The standard InChI is InChI=1S/C15H20N2OS/c1-10(2)13-9-19-15(17-13)14(16-3)11-6-5-7-12(8-11)18-4/h5-10,14,16H,1-4H3. The fourth-order valence-electron chi connectivity index (χ4n) is 1.95. The van der Waals surface area contributed by atoms with Gasteiger partial charge in [0.1, 0.15) is 10.8 Å². The van der Waals surface area contributed by atoms with Crippen LogP contribution in [0.1, 0.15) is 42.1 Å². The average molecular weight is 276 g/mol. The van der Waals surface area contributed by atoms with Crippen LogP contribution in [0.15, 0.2) is 29.6 Å². The highest BCUT2D eigenvalue weighted by atomic mass is 32.1. The highest BCUT2D eigenvalue weighted by Crippen LogP contribution is 2.28. The molecular weight excluding hydrogens is 256 g/mol. The fraction of sp³-hybridized carbons (Fsp3) is 0.400. The van der Waals surface area contributed by atoms with Gasteiger partial charge in [-0.1, -0.05) is 26.0 Å². The van der Waals surface area contributed by atoms with Crippen LogP contribution in [-0.4, -0.2) is 19.1 Å². The van der Waals surface area contributed by atoms with E-state index < -0.39 is 0 Å². The van der Waals surface area contributed by atoms with Crippen LogP contribution >= 0.6 is 11.3 Å². The van der Waals surface area contributed by atoms with Crippen molar-refractivity contribution in [2.45, 2.75) is 25.8 Å². The first-order valence-corrected chi connectivity index (χ1v) is 7.30. The first-order valence-electron chi connectivity index (χ1n) is 6.42. The van der Waals surface area contributed by atoms with E-state index in [2.05, 4.69) is 36.7 Å². The smallest absolute Gasteiger partial charge is 0.119 e. The lowest BCUT2D eigenvalue weighted by Gasteiger charge is -2.15. The SMILES string of the molecule is CNC(c1cccc(OC)c1)c1nc(C(C)C)cs1. The molecule has 0 saturated heterocycles. The molecule has 4 heteroatoms. The maximum Gasteiger partial charge on any atom is 0.119 e. The van der Waals surface area contributed by atoms with Crippen LogP contribution in [0.25, 0.3) is 0 Å². The van der Waals surface area contributed by atoms with Gasteiger partial charge in [0.15, 0.2) is 0 Å². The number of nitrogens with zero attached hydrogens (tertiary/aromatic N) is 1. The van der Waals surface area contributed by atoms with Crippen LogP contribution in [0.3, 0.4) is 0 Å². The minimum absolute atomic E-state index is 0.118. The summed E-state index contributed by atoms with van der Waals surface area (Å²) in [6.45, 7) is 4.33. The summed E-state index contributed by atoms with van der Waals surface area (Å²) in [7, 11) is 3.65. The van der Waals surface area contributed by atoms with Gasteiger partial charge in [-0.25, -0.2) is 4.98 Å². The zero-order chi connectivity index (χ0) is 13.8. The molecule has 1 N–H and O–H groups in total. The van der Waals surface area contributed by atoms with Gasteiger partial charge in [-0.2, -0.15) is 0 Å². The van der Waals surface area contributed by atoms with E-state index in [0.717, 1.165) is 16.5 Å². The third-order valence-corrected chi connectivity index (χ3v) is 4.02. The van der Waals surface area contributed by atoms with E-state index in [1.807, 2.05) is 19.2 Å². The van der Waals surface area contributed by atoms with E-state index in [-0.39, 0.29) is 6.04 Å². The fourth-order valence-corrected chi connectivity index (χ4v) is 3.07.